The van der Waals surface area contributed by atoms with E-state index < -0.39 is 0 Å². The quantitative estimate of drug-likeness (QED) is 0.304. The summed E-state index contributed by atoms with van der Waals surface area (Å²) in [6.45, 7) is 1.62. The fourth-order valence-electron chi connectivity index (χ4n) is 0.161. The molecule has 0 aliphatic rings. The van der Waals surface area contributed by atoms with Crippen LogP contribution in [-0.4, -0.2) is 17.3 Å². The van der Waals surface area contributed by atoms with Gasteiger partial charge in [0.1, 0.15) is 0 Å². The van der Waals surface area contributed by atoms with Crippen molar-refractivity contribution in [1.82, 2.24) is 3.53 Å². The van der Waals surface area contributed by atoms with Crippen molar-refractivity contribution in [2.75, 3.05) is 11.5 Å². The number of hydrogen-bond acceptors (Lipinski definition) is 2. The van der Waals surface area contributed by atoms with Gasteiger partial charge >= 0.3 is 54.0 Å². The summed E-state index contributed by atoms with van der Waals surface area (Å²) in [6.07, 6.45) is 0. The van der Waals surface area contributed by atoms with E-state index in [1.54, 1.807) is 6.92 Å². The first-order valence-corrected chi connectivity index (χ1v) is 4.62. The van der Waals surface area contributed by atoms with E-state index in [0.717, 1.165) is 4.43 Å². The Kier molecular flexibility index (Phi) is 4.75. The first kappa shape index (κ1) is 7.36. The Morgan fingerprint density at radius 2 is 2.43 bits per heavy atom. The van der Waals surface area contributed by atoms with Gasteiger partial charge in [-0.2, -0.15) is 0 Å². The summed E-state index contributed by atoms with van der Waals surface area (Å²) in [5, 5.41) is 0. The van der Waals surface area contributed by atoms with E-state index in [4.69, 9.17) is 0 Å². The van der Waals surface area contributed by atoms with Crippen LogP contribution < -0.4 is 25.0 Å². The SMILES string of the molecule is CN[I-]CC(C)=O. The molecule has 0 heterocycles. The van der Waals surface area contributed by atoms with Crippen LogP contribution in [0.1, 0.15) is 6.92 Å². The van der Waals surface area contributed by atoms with E-state index in [2.05, 4.69) is 3.53 Å². The van der Waals surface area contributed by atoms with E-state index in [-0.39, 0.29) is 21.5 Å². The van der Waals surface area contributed by atoms with Crippen LogP contribution in [0.3, 0.4) is 0 Å². The van der Waals surface area contributed by atoms with E-state index >= 15 is 0 Å². The summed E-state index contributed by atoms with van der Waals surface area (Å²) in [5.74, 6) is 0.294. The third-order valence-electron chi connectivity index (χ3n) is 0.389. The average Bonchev–Trinajstić information content (AvgIpc) is 1.61. The number of halogens is 1. The van der Waals surface area contributed by atoms with Gasteiger partial charge in [-0.1, -0.05) is 0 Å². The number of carbonyl (C=O) groups excluding carboxylic acids is 1. The second-order valence-corrected chi connectivity index (χ2v) is 3.76. The van der Waals surface area contributed by atoms with Gasteiger partial charge in [-0.15, -0.1) is 0 Å². The summed E-state index contributed by atoms with van der Waals surface area (Å²) in [7, 11) is 1.89. The molecule has 0 aromatic rings. The molecule has 0 amide bonds. The van der Waals surface area contributed by atoms with E-state index in [1.807, 2.05) is 7.05 Å². The minimum absolute atomic E-state index is 0.0119. The second-order valence-electron chi connectivity index (χ2n) is 1.16. The molecule has 0 spiro atoms. The Bertz CT molecular complexity index is 64.7. The molecule has 0 radical (unpaired) electrons. The number of Topliss-reactive ketones (excluding diaryl/α,β-unsaturated/α-hetero) is 1. The van der Waals surface area contributed by atoms with Crippen LogP contribution in [-0.2, 0) is 4.79 Å². The first-order valence-electron chi connectivity index (χ1n) is 2.01. The second kappa shape index (κ2) is 4.52. The first-order chi connectivity index (χ1) is 3.27. The van der Waals surface area contributed by atoms with Crippen molar-refractivity contribution in [3.8, 4) is 0 Å². The Balaban J connectivity index is 2.82. The van der Waals surface area contributed by atoms with Gasteiger partial charge in [0, 0.05) is 0 Å². The van der Waals surface area contributed by atoms with Crippen LogP contribution in [0.5, 0.6) is 0 Å². The summed E-state index contributed by atoms with van der Waals surface area (Å²) in [4.78, 5) is 10.2. The molecular weight excluding hydrogens is 205 g/mol. The average molecular weight is 214 g/mol. The number of rotatable bonds is 3. The molecule has 0 saturated carbocycles. The maximum absolute atomic E-state index is 10.2. The number of hydrogen-bond donors (Lipinski definition) is 1. The third kappa shape index (κ3) is 6.36. The van der Waals surface area contributed by atoms with Gasteiger partial charge in [0.15, 0.2) is 0 Å². The van der Waals surface area contributed by atoms with E-state index in [1.165, 1.54) is 0 Å². The van der Waals surface area contributed by atoms with Gasteiger partial charge in [0.2, 0.25) is 0 Å². The fourth-order valence-corrected chi connectivity index (χ4v) is 1.08. The molecule has 3 heteroatoms. The predicted molar refractivity (Wildman–Crippen MR) is 24.6 cm³/mol. The molecule has 0 rings (SSSR count). The Labute approximate surface area is 54.3 Å². The molecule has 2 nitrogen and oxygen atoms in total. The number of nitrogens with one attached hydrogen (secondary N) is 1. The minimum atomic E-state index is -0.0119. The fraction of sp³-hybridized carbons (Fsp3) is 0.750. The zero-order chi connectivity index (χ0) is 5.70. The Morgan fingerprint density at radius 3 is 2.57 bits per heavy atom. The summed E-state index contributed by atoms with van der Waals surface area (Å²) in [5.41, 5.74) is 0. The van der Waals surface area contributed by atoms with Gasteiger partial charge in [0.25, 0.3) is 0 Å². The Morgan fingerprint density at radius 1 is 1.86 bits per heavy atom. The maximum atomic E-state index is 10.2. The molecule has 0 aromatic carbocycles. The van der Waals surface area contributed by atoms with Crippen LogP contribution in [0, 0.1) is 0 Å². The number of carbonyl (C=O) groups is 1. The van der Waals surface area contributed by atoms with Crippen molar-refractivity contribution in [1.29, 1.82) is 0 Å². The summed E-state index contributed by atoms with van der Waals surface area (Å²) < 4.78 is 3.75. The molecule has 0 unspecified atom stereocenters. The molecule has 44 valence electrons. The van der Waals surface area contributed by atoms with Gasteiger partial charge < -0.3 is 0 Å². The molecule has 7 heavy (non-hydrogen) atoms. The van der Waals surface area contributed by atoms with Gasteiger partial charge in [-0.25, -0.2) is 0 Å². The van der Waals surface area contributed by atoms with Crippen LogP contribution in [0.25, 0.3) is 0 Å². The normalized spacial score (nSPS) is 9.43. The van der Waals surface area contributed by atoms with Gasteiger partial charge in [0.05, 0.1) is 0 Å². The molecule has 0 aliphatic heterocycles. The molecular formula is C4H9INO-. The van der Waals surface area contributed by atoms with Crippen molar-refractivity contribution in [3.05, 3.63) is 0 Å². The van der Waals surface area contributed by atoms with Crippen LogP contribution >= 0.6 is 0 Å². The van der Waals surface area contributed by atoms with Crippen molar-refractivity contribution < 1.29 is 26.3 Å². The summed E-state index contributed by atoms with van der Waals surface area (Å²) in [6, 6.07) is 0. The van der Waals surface area contributed by atoms with Crippen molar-refractivity contribution in [2.24, 2.45) is 0 Å². The van der Waals surface area contributed by atoms with Crippen molar-refractivity contribution >= 4 is 5.78 Å². The predicted octanol–water partition coefficient (Wildman–Crippen LogP) is -3.20. The Hall–Kier alpha value is 0.360. The third-order valence-corrected chi connectivity index (χ3v) is 2.61. The topological polar surface area (TPSA) is 29.1 Å². The summed E-state index contributed by atoms with van der Waals surface area (Å²) >= 11 is -0.0119. The van der Waals surface area contributed by atoms with Crippen molar-refractivity contribution in [2.45, 2.75) is 6.92 Å². The van der Waals surface area contributed by atoms with E-state index in [0.29, 0.717) is 5.78 Å². The zero-order valence-electron chi connectivity index (χ0n) is 4.49. The zero-order valence-corrected chi connectivity index (χ0v) is 6.65. The molecule has 0 bridgehead atoms. The van der Waals surface area contributed by atoms with Crippen LogP contribution in [0.15, 0.2) is 0 Å². The molecule has 0 atom stereocenters. The molecule has 0 aromatic heterocycles. The molecule has 0 fully saturated rings. The molecule has 1 N–H and O–H groups in total. The number of ketones is 1. The van der Waals surface area contributed by atoms with Crippen LogP contribution in [0.2, 0.25) is 0 Å². The monoisotopic (exact) mass is 214 g/mol. The number of alkyl halides is 1. The van der Waals surface area contributed by atoms with Gasteiger partial charge in [-0.3, -0.25) is 0 Å². The van der Waals surface area contributed by atoms with Crippen molar-refractivity contribution in [3.63, 3.8) is 0 Å². The van der Waals surface area contributed by atoms with Gasteiger partial charge in [-0.05, 0) is 0 Å². The molecule has 0 aliphatic carbocycles. The van der Waals surface area contributed by atoms with E-state index in [9.17, 15) is 4.79 Å². The standard InChI is InChI=1S/C4H9INO/c1-4(7)3-5-6-2/h6H,3H2,1-2H3/q-1. The van der Waals surface area contributed by atoms with Crippen LogP contribution in [0.4, 0.5) is 0 Å². The molecule has 0 saturated heterocycles.